The molecule has 0 aliphatic carbocycles. The molecular weight excluding hydrogens is 390 g/mol. The number of aromatic nitrogens is 3. The average Bonchev–Trinajstić information content (AvgIpc) is 3.29. The minimum atomic E-state index is -3.11. The van der Waals surface area contributed by atoms with Gasteiger partial charge in [0, 0.05) is 29.0 Å². The van der Waals surface area contributed by atoms with Crippen molar-refractivity contribution in [3.05, 3.63) is 59.7 Å². The van der Waals surface area contributed by atoms with Crippen molar-refractivity contribution in [1.29, 1.82) is 0 Å². The maximum atomic E-state index is 13.5. The number of amides is 1. The van der Waals surface area contributed by atoms with Crippen LogP contribution in [0.1, 0.15) is 16.1 Å². The summed E-state index contributed by atoms with van der Waals surface area (Å²) in [6.45, 7) is -0.108. The number of alkyl halides is 3. The van der Waals surface area contributed by atoms with Gasteiger partial charge in [0.15, 0.2) is 5.69 Å². The van der Waals surface area contributed by atoms with Gasteiger partial charge in [-0.15, -0.1) is 0 Å². The first-order chi connectivity index (χ1) is 13.9. The normalized spacial score (nSPS) is 12.7. The molecule has 0 bridgehead atoms. The predicted molar refractivity (Wildman–Crippen MR) is 100 cm³/mol. The number of aromatic amines is 2. The van der Waals surface area contributed by atoms with Crippen molar-refractivity contribution in [3.8, 4) is 0 Å². The summed E-state index contributed by atoms with van der Waals surface area (Å²) in [6.07, 6.45) is -3.98. The molecule has 29 heavy (non-hydrogen) atoms. The van der Waals surface area contributed by atoms with Crippen LogP contribution in [-0.4, -0.2) is 33.8 Å². The van der Waals surface area contributed by atoms with Gasteiger partial charge in [0.1, 0.15) is 5.82 Å². The number of hydrogen-bond acceptors (Lipinski definition) is 3. The molecule has 2 aromatic heterocycles. The largest absolute Gasteiger partial charge is 0.359 e. The SMILES string of the molecule is O=C(Nc1c[nH]c2ccc(F)cc12)c1n[nH]c2cc(CNC(F)C(F)F)ccc12. The number of rotatable bonds is 6. The van der Waals surface area contributed by atoms with Crippen molar-refractivity contribution in [3.63, 3.8) is 0 Å². The van der Waals surface area contributed by atoms with E-state index >= 15 is 0 Å². The van der Waals surface area contributed by atoms with E-state index in [2.05, 4.69) is 25.8 Å². The van der Waals surface area contributed by atoms with E-state index in [0.717, 1.165) is 0 Å². The minimum absolute atomic E-state index is 0.108. The molecule has 6 nitrogen and oxygen atoms in total. The smallest absolute Gasteiger partial charge is 0.282 e. The van der Waals surface area contributed by atoms with E-state index in [1.807, 2.05) is 0 Å². The van der Waals surface area contributed by atoms with Gasteiger partial charge in [0.2, 0.25) is 6.30 Å². The van der Waals surface area contributed by atoms with Gasteiger partial charge < -0.3 is 10.3 Å². The number of H-pyrrole nitrogens is 2. The average molecular weight is 405 g/mol. The van der Waals surface area contributed by atoms with E-state index in [1.54, 1.807) is 30.5 Å². The molecule has 4 rings (SSSR count). The third kappa shape index (κ3) is 3.79. The first-order valence-electron chi connectivity index (χ1n) is 8.63. The molecule has 0 aliphatic heterocycles. The van der Waals surface area contributed by atoms with Crippen LogP contribution in [-0.2, 0) is 6.54 Å². The van der Waals surface area contributed by atoms with E-state index in [-0.39, 0.29) is 12.2 Å². The highest BCUT2D eigenvalue weighted by Gasteiger charge is 2.19. The zero-order chi connectivity index (χ0) is 20.5. The third-order valence-corrected chi connectivity index (χ3v) is 4.46. The fraction of sp³-hybridized carbons (Fsp3) is 0.158. The molecule has 4 aromatic rings. The van der Waals surface area contributed by atoms with Crippen molar-refractivity contribution >= 4 is 33.4 Å². The molecule has 1 amide bonds. The maximum Gasteiger partial charge on any atom is 0.282 e. The fourth-order valence-corrected chi connectivity index (χ4v) is 3.03. The number of carbonyl (C=O) groups excluding carboxylic acids is 1. The quantitative estimate of drug-likeness (QED) is 0.288. The zero-order valence-corrected chi connectivity index (χ0v) is 14.8. The second-order valence-electron chi connectivity index (χ2n) is 6.42. The van der Waals surface area contributed by atoms with Crippen LogP contribution in [0.5, 0.6) is 0 Å². The number of benzene rings is 2. The first kappa shape index (κ1) is 18.9. The summed E-state index contributed by atoms with van der Waals surface area (Å²) in [5.41, 5.74) is 2.22. The monoisotopic (exact) mass is 405 g/mol. The standard InChI is InChI=1S/C19H15F4N5O/c20-10-2-4-13-12(6-10)15(8-24-13)26-19(29)16-11-3-1-9(5-14(11)27-28-16)7-25-18(23)17(21)22/h1-6,8,17-18,24-25H,7H2,(H,26,29)(H,27,28). The van der Waals surface area contributed by atoms with Gasteiger partial charge in [-0.25, -0.2) is 17.6 Å². The second kappa shape index (κ2) is 7.55. The molecule has 2 heterocycles. The topological polar surface area (TPSA) is 85.6 Å². The van der Waals surface area contributed by atoms with E-state index in [1.165, 1.54) is 12.1 Å². The second-order valence-corrected chi connectivity index (χ2v) is 6.42. The van der Waals surface area contributed by atoms with Crippen LogP contribution < -0.4 is 10.6 Å². The molecule has 0 spiro atoms. The summed E-state index contributed by atoms with van der Waals surface area (Å²) in [5, 5.41) is 12.5. The lowest BCUT2D eigenvalue weighted by molar-refractivity contribution is 0.0298. The lowest BCUT2D eigenvalue weighted by Gasteiger charge is -2.09. The maximum absolute atomic E-state index is 13.5. The number of carbonyl (C=O) groups is 1. The lowest BCUT2D eigenvalue weighted by atomic mass is 10.1. The number of nitrogens with one attached hydrogen (secondary N) is 4. The van der Waals surface area contributed by atoms with Crippen LogP contribution in [0.15, 0.2) is 42.6 Å². The summed E-state index contributed by atoms with van der Waals surface area (Å²) in [7, 11) is 0. The third-order valence-electron chi connectivity index (χ3n) is 4.46. The first-order valence-corrected chi connectivity index (χ1v) is 8.63. The Morgan fingerprint density at radius 2 is 1.90 bits per heavy atom. The predicted octanol–water partition coefficient (Wildman–Crippen LogP) is 4.09. The minimum Gasteiger partial charge on any atom is -0.359 e. The number of hydrogen-bond donors (Lipinski definition) is 4. The number of fused-ring (bicyclic) bond motifs is 2. The van der Waals surface area contributed by atoms with Crippen molar-refractivity contribution < 1.29 is 22.4 Å². The van der Waals surface area contributed by atoms with Crippen molar-refractivity contribution in [2.24, 2.45) is 0 Å². The molecule has 150 valence electrons. The molecule has 0 radical (unpaired) electrons. The molecule has 10 heteroatoms. The number of halogens is 4. The summed E-state index contributed by atoms with van der Waals surface area (Å²) in [5.74, 6) is -0.935. The zero-order valence-electron chi connectivity index (χ0n) is 14.8. The molecular formula is C19H15F4N5O. The highest BCUT2D eigenvalue weighted by Crippen LogP contribution is 2.25. The number of anilines is 1. The fourth-order valence-electron chi connectivity index (χ4n) is 3.03. The van der Waals surface area contributed by atoms with Crippen molar-refractivity contribution in [1.82, 2.24) is 20.5 Å². The van der Waals surface area contributed by atoms with Gasteiger partial charge in [0.05, 0.1) is 11.2 Å². The number of nitrogens with zero attached hydrogens (tertiary/aromatic N) is 1. The Hall–Kier alpha value is -3.40. The van der Waals surface area contributed by atoms with Crippen molar-refractivity contribution in [2.45, 2.75) is 19.3 Å². The highest BCUT2D eigenvalue weighted by molar-refractivity contribution is 6.13. The summed E-state index contributed by atoms with van der Waals surface area (Å²) < 4.78 is 50.9. The van der Waals surface area contributed by atoms with Crippen LogP contribution >= 0.6 is 0 Å². The Morgan fingerprint density at radius 3 is 2.69 bits per heavy atom. The van der Waals surface area contributed by atoms with Gasteiger partial charge in [-0.05, 0) is 29.8 Å². The van der Waals surface area contributed by atoms with Gasteiger partial charge in [-0.1, -0.05) is 12.1 Å². The van der Waals surface area contributed by atoms with Gasteiger partial charge in [0.25, 0.3) is 12.3 Å². The van der Waals surface area contributed by atoms with Crippen LogP contribution in [0.3, 0.4) is 0 Å². The molecule has 2 aromatic carbocycles. The Balaban J connectivity index is 1.54. The Morgan fingerprint density at radius 1 is 1.07 bits per heavy atom. The molecule has 0 saturated carbocycles. The summed E-state index contributed by atoms with van der Waals surface area (Å²) in [6, 6.07) is 8.95. The van der Waals surface area contributed by atoms with Crippen LogP contribution in [0.25, 0.3) is 21.8 Å². The van der Waals surface area contributed by atoms with Gasteiger partial charge in [-0.3, -0.25) is 15.2 Å². The lowest BCUT2D eigenvalue weighted by Crippen LogP contribution is -2.30. The summed E-state index contributed by atoms with van der Waals surface area (Å²) in [4.78, 5) is 15.6. The van der Waals surface area contributed by atoms with Crippen LogP contribution in [0.2, 0.25) is 0 Å². The molecule has 0 saturated heterocycles. The molecule has 0 aliphatic rings. The van der Waals surface area contributed by atoms with Crippen LogP contribution in [0, 0.1) is 5.82 Å². The van der Waals surface area contributed by atoms with Gasteiger partial charge >= 0.3 is 0 Å². The van der Waals surface area contributed by atoms with Crippen molar-refractivity contribution in [2.75, 3.05) is 5.32 Å². The molecule has 1 atom stereocenters. The Kier molecular flexibility index (Phi) is 4.93. The molecule has 0 fully saturated rings. The molecule has 1 unspecified atom stereocenters. The Labute approximate surface area is 161 Å². The van der Waals surface area contributed by atoms with E-state index < -0.39 is 24.4 Å². The molecule has 4 N–H and O–H groups in total. The van der Waals surface area contributed by atoms with E-state index in [4.69, 9.17) is 0 Å². The van der Waals surface area contributed by atoms with E-state index in [9.17, 15) is 22.4 Å². The van der Waals surface area contributed by atoms with Crippen LogP contribution in [0.4, 0.5) is 23.2 Å². The highest BCUT2D eigenvalue weighted by atomic mass is 19.3. The summed E-state index contributed by atoms with van der Waals surface area (Å²) >= 11 is 0. The Bertz CT molecular complexity index is 1190. The van der Waals surface area contributed by atoms with Gasteiger partial charge in [-0.2, -0.15) is 5.10 Å². The van der Waals surface area contributed by atoms with E-state index in [0.29, 0.717) is 33.1 Å².